The van der Waals surface area contributed by atoms with Gasteiger partial charge >= 0.3 is 0 Å². The number of hydrogen-bond donors (Lipinski definition) is 2. The number of anilines is 1. The molecule has 0 aliphatic heterocycles. The van der Waals surface area contributed by atoms with Gasteiger partial charge < -0.3 is 15.8 Å². The molecular formula is C30H30N6O2. The van der Waals surface area contributed by atoms with E-state index in [0.717, 1.165) is 16.9 Å². The highest BCUT2D eigenvalue weighted by molar-refractivity contribution is 6.10. The van der Waals surface area contributed by atoms with Crippen LogP contribution in [0, 0.1) is 0 Å². The second-order valence-corrected chi connectivity index (χ2v) is 9.38. The van der Waals surface area contributed by atoms with E-state index in [0.29, 0.717) is 41.1 Å². The maximum atomic E-state index is 13.4. The molecule has 8 nitrogen and oxygen atoms in total. The van der Waals surface area contributed by atoms with Crippen molar-refractivity contribution in [3.05, 3.63) is 95.1 Å². The van der Waals surface area contributed by atoms with Gasteiger partial charge in [-0.1, -0.05) is 62.4 Å². The van der Waals surface area contributed by atoms with Crippen LogP contribution < -0.4 is 15.8 Å². The minimum absolute atomic E-state index is 0.187. The number of nitrogens with two attached hydrogens (primary N) is 1. The van der Waals surface area contributed by atoms with Gasteiger partial charge in [0.25, 0.3) is 5.91 Å². The fourth-order valence-corrected chi connectivity index (χ4v) is 4.28. The normalized spacial score (nSPS) is 11.6. The Morgan fingerprint density at radius 1 is 1.03 bits per heavy atom. The van der Waals surface area contributed by atoms with Crippen LogP contribution in [0.4, 0.5) is 5.82 Å². The first-order valence-corrected chi connectivity index (χ1v) is 12.6. The van der Waals surface area contributed by atoms with Crippen molar-refractivity contribution in [2.45, 2.75) is 26.2 Å². The van der Waals surface area contributed by atoms with Crippen LogP contribution in [0.5, 0.6) is 5.75 Å². The molecule has 192 valence electrons. The summed E-state index contributed by atoms with van der Waals surface area (Å²) < 4.78 is 6.70. The number of aromatic nitrogens is 3. The van der Waals surface area contributed by atoms with Gasteiger partial charge in [-0.3, -0.25) is 4.79 Å². The van der Waals surface area contributed by atoms with Crippen LogP contribution in [0.3, 0.4) is 0 Å². The molecule has 8 heteroatoms. The van der Waals surface area contributed by atoms with Crippen molar-refractivity contribution in [2.24, 2.45) is 5.10 Å². The smallest absolute Gasteiger partial charge is 0.257 e. The van der Waals surface area contributed by atoms with Gasteiger partial charge in [0.15, 0.2) is 5.65 Å². The molecule has 5 rings (SSSR count). The summed E-state index contributed by atoms with van der Waals surface area (Å²) in [7, 11) is 1.63. The molecular weight excluding hydrogens is 476 g/mol. The van der Waals surface area contributed by atoms with Crippen LogP contribution in [0.15, 0.2) is 77.9 Å². The molecule has 5 aromatic rings. The highest BCUT2D eigenvalue weighted by Gasteiger charge is 2.24. The van der Waals surface area contributed by atoms with Crippen molar-refractivity contribution in [1.29, 1.82) is 0 Å². The molecule has 0 saturated carbocycles. The predicted octanol–water partition coefficient (Wildman–Crippen LogP) is 5.15. The molecule has 0 fully saturated rings. The fraction of sp³-hybridized carbons (Fsp3) is 0.200. The number of fused-ring (bicyclic) bond motifs is 2. The lowest BCUT2D eigenvalue weighted by atomic mass is 10.0. The molecule has 2 aromatic heterocycles. The molecule has 0 saturated heterocycles. The number of para-hydroxylation sites is 2. The van der Waals surface area contributed by atoms with Crippen molar-refractivity contribution >= 4 is 40.1 Å². The molecule has 38 heavy (non-hydrogen) atoms. The first-order chi connectivity index (χ1) is 18.4. The Balaban J connectivity index is 1.47. The maximum Gasteiger partial charge on any atom is 0.257 e. The summed E-state index contributed by atoms with van der Waals surface area (Å²) in [5.41, 5.74) is 12.2. The summed E-state index contributed by atoms with van der Waals surface area (Å²) >= 11 is 0. The zero-order chi connectivity index (χ0) is 26.6. The number of carbonyl (C=O) groups excluding carboxylic acids is 1. The first-order valence-electron chi connectivity index (χ1n) is 12.6. The van der Waals surface area contributed by atoms with E-state index < -0.39 is 0 Å². The molecule has 0 aliphatic carbocycles. The third-order valence-electron chi connectivity index (χ3n) is 6.48. The van der Waals surface area contributed by atoms with Crippen molar-refractivity contribution in [1.82, 2.24) is 20.0 Å². The molecule has 0 aliphatic rings. The SMILES string of the molecule is COc1ccc(CCNC(=O)c2c(N)n(/N=C\c3ccc(C(C)C)cc3)c3nc4ccccc4nc23)cc1. The number of nitrogen functional groups attached to an aromatic ring is 1. The molecule has 0 radical (unpaired) electrons. The van der Waals surface area contributed by atoms with Gasteiger partial charge in [-0.25, -0.2) is 9.97 Å². The number of hydrogen-bond acceptors (Lipinski definition) is 6. The Bertz CT molecular complexity index is 1620. The van der Waals surface area contributed by atoms with E-state index in [-0.39, 0.29) is 17.3 Å². The van der Waals surface area contributed by atoms with Crippen LogP contribution in [0.2, 0.25) is 0 Å². The minimum Gasteiger partial charge on any atom is -0.497 e. The first kappa shape index (κ1) is 25.0. The van der Waals surface area contributed by atoms with Gasteiger partial charge in [0.2, 0.25) is 0 Å². The fourth-order valence-electron chi connectivity index (χ4n) is 4.28. The summed E-state index contributed by atoms with van der Waals surface area (Å²) in [6, 6.07) is 23.5. The Hall–Kier alpha value is -4.72. The van der Waals surface area contributed by atoms with E-state index in [4.69, 9.17) is 20.4 Å². The van der Waals surface area contributed by atoms with Gasteiger partial charge in [0, 0.05) is 6.54 Å². The molecule has 1 amide bonds. The van der Waals surface area contributed by atoms with Crippen molar-refractivity contribution in [3.63, 3.8) is 0 Å². The number of methoxy groups -OCH3 is 1. The average Bonchev–Trinajstić information content (AvgIpc) is 3.20. The number of nitrogens with one attached hydrogen (secondary N) is 1. The van der Waals surface area contributed by atoms with E-state index in [1.807, 2.05) is 60.7 Å². The maximum absolute atomic E-state index is 13.4. The predicted molar refractivity (Wildman–Crippen MR) is 152 cm³/mol. The van der Waals surface area contributed by atoms with Crippen LogP contribution >= 0.6 is 0 Å². The molecule has 0 atom stereocenters. The number of nitrogens with zero attached hydrogens (tertiary/aromatic N) is 4. The van der Waals surface area contributed by atoms with E-state index >= 15 is 0 Å². The lowest BCUT2D eigenvalue weighted by molar-refractivity contribution is 0.0956. The summed E-state index contributed by atoms with van der Waals surface area (Å²) in [6.07, 6.45) is 2.37. The van der Waals surface area contributed by atoms with Gasteiger partial charge in [0.05, 0.1) is 24.4 Å². The number of amides is 1. The molecule has 2 heterocycles. The average molecular weight is 507 g/mol. The number of rotatable bonds is 8. The Morgan fingerprint density at radius 2 is 1.71 bits per heavy atom. The zero-order valence-electron chi connectivity index (χ0n) is 21.7. The van der Waals surface area contributed by atoms with Crippen molar-refractivity contribution in [3.8, 4) is 5.75 Å². The van der Waals surface area contributed by atoms with E-state index in [2.05, 4.69) is 36.4 Å². The number of ether oxygens (including phenoxy) is 1. The summed E-state index contributed by atoms with van der Waals surface area (Å²) in [5, 5.41) is 7.58. The van der Waals surface area contributed by atoms with Crippen LogP contribution in [-0.2, 0) is 6.42 Å². The Labute approximate surface area is 221 Å². The van der Waals surface area contributed by atoms with E-state index in [9.17, 15) is 4.79 Å². The Kier molecular flexibility index (Phi) is 7.04. The third-order valence-corrected chi connectivity index (χ3v) is 6.48. The van der Waals surface area contributed by atoms with Gasteiger partial charge in [-0.05, 0) is 53.3 Å². The van der Waals surface area contributed by atoms with Gasteiger partial charge in [-0.2, -0.15) is 9.78 Å². The highest BCUT2D eigenvalue weighted by atomic mass is 16.5. The van der Waals surface area contributed by atoms with Crippen LogP contribution in [0.1, 0.15) is 46.8 Å². The molecule has 0 spiro atoms. The van der Waals surface area contributed by atoms with Gasteiger partial charge in [-0.15, -0.1) is 0 Å². The third kappa shape index (κ3) is 5.06. The highest BCUT2D eigenvalue weighted by Crippen LogP contribution is 2.28. The van der Waals surface area contributed by atoms with Crippen molar-refractivity contribution in [2.75, 3.05) is 19.4 Å². The molecule has 0 unspecified atom stereocenters. The monoisotopic (exact) mass is 506 g/mol. The number of carbonyl (C=O) groups is 1. The topological polar surface area (TPSA) is 107 Å². The second-order valence-electron chi connectivity index (χ2n) is 9.38. The lowest BCUT2D eigenvalue weighted by Crippen LogP contribution is -2.26. The Morgan fingerprint density at radius 3 is 2.37 bits per heavy atom. The molecule has 3 aromatic carbocycles. The number of benzene rings is 3. The van der Waals surface area contributed by atoms with E-state index in [1.54, 1.807) is 13.3 Å². The quantitative estimate of drug-likeness (QED) is 0.283. The van der Waals surface area contributed by atoms with Crippen LogP contribution in [-0.4, -0.2) is 40.4 Å². The van der Waals surface area contributed by atoms with Gasteiger partial charge in [0.1, 0.15) is 22.6 Å². The minimum atomic E-state index is -0.319. The van der Waals surface area contributed by atoms with Crippen molar-refractivity contribution < 1.29 is 9.53 Å². The van der Waals surface area contributed by atoms with Crippen LogP contribution in [0.25, 0.3) is 22.2 Å². The largest absolute Gasteiger partial charge is 0.497 e. The summed E-state index contributed by atoms with van der Waals surface area (Å²) in [5.74, 6) is 1.10. The second kappa shape index (κ2) is 10.7. The lowest BCUT2D eigenvalue weighted by Gasteiger charge is -2.07. The molecule has 0 bridgehead atoms. The zero-order valence-corrected chi connectivity index (χ0v) is 21.7. The standard InChI is InChI=1S/C30H30N6O2/c1-19(2)22-12-8-21(9-13-22)18-33-36-28(31)26(27-29(36)35-25-7-5-4-6-24(25)34-27)30(37)32-17-16-20-10-14-23(38-3)15-11-20/h4-15,18-19H,16-17,31H2,1-3H3,(H,32,37)/b33-18-. The van der Waals surface area contributed by atoms with E-state index in [1.165, 1.54) is 10.2 Å². The summed E-state index contributed by atoms with van der Waals surface area (Å²) in [6.45, 7) is 4.74. The molecule has 3 N–H and O–H groups in total. The summed E-state index contributed by atoms with van der Waals surface area (Å²) in [4.78, 5) is 22.8.